The molecule has 0 unspecified atom stereocenters. The highest BCUT2D eigenvalue weighted by molar-refractivity contribution is 6.91. The molecule has 1 aliphatic rings. The van der Waals surface area contributed by atoms with Crippen LogP contribution in [0.15, 0.2) is 78.9 Å². The number of hydrogen-bond acceptors (Lipinski definition) is 4. The molecule has 0 spiro atoms. The van der Waals surface area contributed by atoms with Crippen molar-refractivity contribution < 1.29 is 19.1 Å². The van der Waals surface area contributed by atoms with Gasteiger partial charge in [-0.3, -0.25) is 4.90 Å². The van der Waals surface area contributed by atoms with Crippen LogP contribution in [0.3, 0.4) is 0 Å². The minimum Gasteiger partial charge on any atom is -0.467 e. The third-order valence-electron chi connectivity index (χ3n) is 6.32. The van der Waals surface area contributed by atoms with Gasteiger partial charge in [-0.15, -0.1) is 0 Å². The van der Waals surface area contributed by atoms with Crippen molar-refractivity contribution in [3.05, 3.63) is 95.0 Å². The summed E-state index contributed by atoms with van der Waals surface area (Å²) in [6.07, 6.45) is -0.585. The lowest BCUT2D eigenvalue weighted by molar-refractivity contribution is -0.142. The summed E-state index contributed by atoms with van der Waals surface area (Å²) in [5.41, 5.74) is 2.11. The minimum absolute atomic E-state index is 0.108. The van der Waals surface area contributed by atoms with Crippen molar-refractivity contribution in [2.75, 3.05) is 12.0 Å². The Morgan fingerprint density at radius 2 is 1.61 bits per heavy atom. The van der Waals surface area contributed by atoms with Gasteiger partial charge in [-0.2, -0.15) is 0 Å². The van der Waals surface area contributed by atoms with E-state index in [1.54, 1.807) is 12.1 Å². The summed E-state index contributed by atoms with van der Waals surface area (Å²) in [5, 5.41) is 1.73. The van der Waals surface area contributed by atoms with Gasteiger partial charge in [0.2, 0.25) is 0 Å². The molecule has 4 rings (SSSR count). The second kappa shape index (κ2) is 9.41. The van der Waals surface area contributed by atoms with Crippen molar-refractivity contribution >= 4 is 42.6 Å². The number of carbonyl (C=O) groups excluding carboxylic acids is 2. The number of amides is 1. The number of halogens is 1. The maximum atomic E-state index is 13.4. The van der Waals surface area contributed by atoms with Crippen LogP contribution in [0, 0.1) is 0 Å². The van der Waals surface area contributed by atoms with Crippen LogP contribution in [0.2, 0.25) is 18.1 Å². The van der Waals surface area contributed by atoms with Gasteiger partial charge in [-0.05, 0) is 29.3 Å². The molecule has 1 aliphatic heterocycles. The third kappa shape index (κ3) is 4.41. The number of carbonyl (C=O) groups is 2. The zero-order valence-corrected chi connectivity index (χ0v) is 20.6. The molecule has 0 bridgehead atoms. The van der Waals surface area contributed by atoms with E-state index < -0.39 is 26.2 Å². The summed E-state index contributed by atoms with van der Waals surface area (Å²) >= 11 is 6.38. The predicted molar refractivity (Wildman–Crippen MR) is 133 cm³/mol. The van der Waals surface area contributed by atoms with Crippen molar-refractivity contribution in [2.45, 2.75) is 31.3 Å². The normalized spacial score (nSPS) is 17.4. The summed E-state index contributed by atoms with van der Waals surface area (Å²) in [5.74, 6) is -0.472. The van der Waals surface area contributed by atoms with Gasteiger partial charge in [0.05, 0.1) is 20.9 Å². The van der Waals surface area contributed by atoms with Crippen molar-refractivity contribution in [1.82, 2.24) is 0 Å². The first kappa shape index (κ1) is 23.1. The Balaban J connectivity index is 1.78. The summed E-state index contributed by atoms with van der Waals surface area (Å²) < 4.78 is 10.9. The number of nitrogens with zero attached hydrogens (tertiary/aromatic N) is 1. The average Bonchev–Trinajstić information content (AvgIpc) is 3.18. The Kier molecular flexibility index (Phi) is 6.58. The van der Waals surface area contributed by atoms with Gasteiger partial charge < -0.3 is 9.47 Å². The van der Waals surface area contributed by atoms with Gasteiger partial charge in [0.15, 0.2) is 0 Å². The Morgan fingerprint density at radius 3 is 2.24 bits per heavy atom. The molecule has 170 valence electrons. The fraction of sp³-hybridized carbons (Fsp3) is 0.231. The maximum Gasteiger partial charge on any atom is 0.415 e. The molecule has 2 atom stereocenters. The van der Waals surface area contributed by atoms with Crippen LogP contribution in [-0.4, -0.2) is 33.3 Å². The van der Waals surface area contributed by atoms with Gasteiger partial charge in [-0.1, -0.05) is 90.5 Å². The van der Waals surface area contributed by atoms with Gasteiger partial charge in [0.1, 0.15) is 12.6 Å². The standard InChI is InChI=1S/C26H26ClNO4Si/c1-31-25(29)23-24(33(2,3)20-12-8-5-9-13-20)21-16-19(27)14-15-22(21)28(23)26(30)32-17-18-10-6-4-7-11-18/h4-16,23-24H,17H2,1-3H3/t23-,24-/m1/s1. The first-order valence-corrected chi connectivity index (χ1v) is 14.2. The molecule has 0 radical (unpaired) electrons. The molecule has 0 fully saturated rings. The summed E-state index contributed by atoms with van der Waals surface area (Å²) in [6.45, 7) is 4.51. The zero-order valence-electron chi connectivity index (χ0n) is 18.8. The highest BCUT2D eigenvalue weighted by atomic mass is 35.5. The predicted octanol–water partition coefficient (Wildman–Crippen LogP) is 5.28. The molecule has 5 nitrogen and oxygen atoms in total. The Morgan fingerprint density at radius 1 is 0.970 bits per heavy atom. The largest absolute Gasteiger partial charge is 0.467 e. The van der Waals surface area contributed by atoms with Crippen LogP contribution in [0.1, 0.15) is 16.7 Å². The molecular formula is C26H26ClNO4Si. The molecule has 7 heteroatoms. The van der Waals surface area contributed by atoms with E-state index in [0.717, 1.165) is 11.1 Å². The Bertz CT molecular complexity index is 1150. The first-order valence-electron chi connectivity index (χ1n) is 10.8. The van der Waals surface area contributed by atoms with Crippen LogP contribution in [0.4, 0.5) is 10.5 Å². The Hall–Kier alpha value is -3.09. The second-order valence-electron chi connectivity index (χ2n) is 8.65. The van der Waals surface area contributed by atoms with Crippen LogP contribution in [0.25, 0.3) is 0 Å². The van der Waals surface area contributed by atoms with Crippen molar-refractivity contribution in [3.8, 4) is 0 Å². The molecule has 0 saturated heterocycles. The van der Waals surface area contributed by atoms with Gasteiger partial charge in [0, 0.05) is 10.6 Å². The van der Waals surface area contributed by atoms with E-state index in [-0.39, 0.29) is 12.1 Å². The van der Waals surface area contributed by atoms with Gasteiger partial charge >= 0.3 is 12.1 Å². The van der Waals surface area contributed by atoms with E-state index in [1.165, 1.54) is 17.2 Å². The van der Waals surface area contributed by atoms with Crippen molar-refractivity contribution in [3.63, 3.8) is 0 Å². The third-order valence-corrected chi connectivity index (χ3v) is 10.6. The number of fused-ring (bicyclic) bond motifs is 1. The first-order chi connectivity index (χ1) is 15.8. The topological polar surface area (TPSA) is 55.8 Å². The van der Waals surface area contributed by atoms with E-state index in [9.17, 15) is 9.59 Å². The lowest BCUT2D eigenvalue weighted by Crippen LogP contribution is -2.56. The van der Waals surface area contributed by atoms with Crippen molar-refractivity contribution in [2.24, 2.45) is 0 Å². The molecular weight excluding hydrogens is 454 g/mol. The SMILES string of the molecule is COC(=O)[C@H]1[C@H]([Si](C)(C)c2ccccc2)c2cc(Cl)ccc2N1C(=O)OCc1ccccc1. The Labute approximate surface area is 199 Å². The molecule has 3 aromatic carbocycles. The number of rotatable bonds is 5. The van der Waals surface area contributed by atoms with E-state index in [0.29, 0.717) is 10.7 Å². The molecule has 0 aliphatic carbocycles. The van der Waals surface area contributed by atoms with E-state index in [1.807, 2.05) is 54.6 Å². The molecule has 0 aromatic heterocycles. The molecule has 1 heterocycles. The van der Waals surface area contributed by atoms with Gasteiger partial charge in [-0.25, -0.2) is 9.59 Å². The number of anilines is 1. The monoisotopic (exact) mass is 479 g/mol. The van der Waals surface area contributed by atoms with Crippen LogP contribution in [0.5, 0.6) is 0 Å². The highest BCUT2D eigenvalue weighted by Crippen LogP contribution is 2.47. The molecule has 3 aromatic rings. The summed E-state index contributed by atoms with van der Waals surface area (Å²) in [7, 11) is -0.999. The van der Waals surface area contributed by atoms with E-state index in [4.69, 9.17) is 21.1 Å². The van der Waals surface area contributed by atoms with Crippen LogP contribution < -0.4 is 10.1 Å². The molecule has 33 heavy (non-hydrogen) atoms. The van der Waals surface area contributed by atoms with E-state index in [2.05, 4.69) is 25.2 Å². The number of benzene rings is 3. The fourth-order valence-electron chi connectivity index (χ4n) is 4.66. The molecule has 0 N–H and O–H groups in total. The average molecular weight is 480 g/mol. The molecule has 1 amide bonds. The smallest absolute Gasteiger partial charge is 0.415 e. The number of methoxy groups -OCH3 is 1. The van der Waals surface area contributed by atoms with Crippen LogP contribution >= 0.6 is 11.6 Å². The summed E-state index contributed by atoms with van der Waals surface area (Å²) in [4.78, 5) is 28.0. The lowest BCUT2D eigenvalue weighted by Gasteiger charge is -2.35. The minimum atomic E-state index is -2.35. The van der Waals surface area contributed by atoms with Crippen LogP contribution in [-0.2, 0) is 20.9 Å². The maximum absolute atomic E-state index is 13.4. The van der Waals surface area contributed by atoms with Crippen molar-refractivity contribution in [1.29, 1.82) is 0 Å². The zero-order chi connectivity index (χ0) is 23.6. The molecule has 0 saturated carbocycles. The number of ether oxygens (including phenoxy) is 2. The number of hydrogen-bond donors (Lipinski definition) is 0. The second-order valence-corrected chi connectivity index (χ2v) is 13.7. The quantitative estimate of drug-likeness (QED) is 0.369. The highest BCUT2D eigenvalue weighted by Gasteiger charge is 2.54. The van der Waals surface area contributed by atoms with E-state index >= 15 is 0 Å². The lowest BCUT2D eigenvalue weighted by atomic mass is 10.1. The number of esters is 1. The van der Waals surface area contributed by atoms with Gasteiger partial charge in [0.25, 0.3) is 0 Å². The fourth-order valence-corrected chi connectivity index (χ4v) is 8.33. The summed E-state index contributed by atoms with van der Waals surface area (Å²) in [6, 6.07) is 24.1.